The van der Waals surface area contributed by atoms with Crippen molar-refractivity contribution < 1.29 is 23.9 Å². The van der Waals surface area contributed by atoms with Crippen molar-refractivity contribution in [3.63, 3.8) is 0 Å². The number of halogens is 2. The van der Waals surface area contributed by atoms with Crippen molar-refractivity contribution in [1.82, 2.24) is 10.6 Å². The van der Waals surface area contributed by atoms with E-state index in [1.165, 1.54) is 14.0 Å². The molecule has 0 aliphatic heterocycles. The minimum Gasteiger partial charge on any atom is -0.464 e. The van der Waals surface area contributed by atoms with E-state index >= 15 is 0 Å². The molecule has 120 valence electrons. The fourth-order valence-corrected chi connectivity index (χ4v) is 1.58. The summed E-state index contributed by atoms with van der Waals surface area (Å²) in [5, 5.41) is 4.70. The van der Waals surface area contributed by atoms with Crippen LogP contribution in [0.5, 0.6) is 0 Å². The van der Waals surface area contributed by atoms with Crippen molar-refractivity contribution in [3.05, 3.63) is 9.09 Å². The van der Waals surface area contributed by atoms with Crippen LogP contribution in [0.1, 0.15) is 27.7 Å². The molecule has 0 aliphatic carbocycles. The lowest BCUT2D eigenvalue weighted by Crippen LogP contribution is -2.47. The van der Waals surface area contributed by atoms with Crippen molar-refractivity contribution >= 4 is 49.8 Å². The number of carbonyl (C=O) groups is 3. The average molecular weight is 430 g/mol. The number of ether oxygens (including phenoxy) is 2. The van der Waals surface area contributed by atoms with E-state index in [4.69, 9.17) is 4.74 Å². The zero-order chi connectivity index (χ0) is 16.8. The van der Waals surface area contributed by atoms with Gasteiger partial charge < -0.3 is 20.1 Å². The summed E-state index contributed by atoms with van der Waals surface area (Å²) in [6.45, 7) is 6.57. The minimum absolute atomic E-state index is 0.111. The van der Waals surface area contributed by atoms with Gasteiger partial charge in [-0.05, 0) is 59.6 Å². The molecule has 0 aromatic carbocycles. The van der Waals surface area contributed by atoms with Crippen LogP contribution >= 0.6 is 31.9 Å². The van der Waals surface area contributed by atoms with Gasteiger partial charge in [-0.3, -0.25) is 4.79 Å². The first-order valence-corrected chi connectivity index (χ1v) is 7.50. The first-order valence-electron chi connectivity index (χ1n) is 5.92. The maximum Gasteiger partial charge on any atom is 0.408 e. The van der Waals surface area contributed by atoms with Crippen LogP contribution in [0.4, 0.5) is 4.79 Å². The maximum atomic E-state index is 11.9. The van der Waals surface area contributed by atoms with Crippen LogP contribution in [0.25, 0.3) is 0 Å². The molecule has 0 fully saturated rings. The molecule has 7 nitrogen and oxygen atoms in total. The van der Waals surface area contributed by atoms with Gasteiger partial charge in [-0.2, -0.15) is 0 Å². The highest BCUT2D eigenvalue weighted by atomic mass is 79.9. The topological polar surface area (TPSA) is 93.7 Å². The third-order valence-corrected chi connectivity index (χ3v) is 2.75. The molecular weight excluding hydrogens is 412 g/mol. The number of rotatable bonds is 4. The van der Waals surface area contributed by atoms with Gasteiger partial charge in [0.15, 0.2) is 0 Å². The minimum atomic E-state index is -0.904. The zero-order valence-corrected chi connectivity index (χ0v) is 15.5. The van der Waals surface area contributed by atoms with E-state index in [1.54, 1.807) is 20.8 Å². The molecule has 2 amide bonds. The van der Waals surface area contributed by atoms with Gasteiger partial charge in [-0.1, -0.05) is 0 Å². The summed E-state index contributed by atoms with van der Waals surface area (Å²) < 4.78 is 9.77. The van der Waals surface area contributed by atoms with Gasteiger partial charge >= 0.3 is 12.1 Å². The number of alkyl carbamates (subject to hydrolysis) is 1. The first kappa shape index (κ1) is 19.9. The normalized spacial score (nSPS) is 12.0. The third-order valence-electron chi connectivity index (χ3n) is 1.95. The van der Waals surface area contributed by atoms with Crippen LogP contribution in [-0.4, -0.2) is 36.7 Å². The molecule has 9 heteroatoms. The van der Waals surface area contributed by atoms with E-state index in [0.717, 1.165) is 0 Å². The second-order valence-corrected chi connectivity index (χ2v) is 7.63. The number of methoxy groups -OCH3 is 1. The molecule has 0 bridgehead atoms. The van der Waals surface area contributed by atoms with E-state index < -0.39 is 29.6 Å². The van der Waals surface area contributed by atoms with Gasteiger partial charge in [-0.15, -0.1) is 0 Å². The molecule has 0 heterocycles. The maximum absolute atomic E-state index is 11.9. The Balaban J connectivity index is 4.69. The number of carbonyl (C=O) groups excluding carboxylic acids is 3. The molecule has 21 heavy (non-hydrogen) atoms. The lowest BCUT2D eigenvalue weighted by atomic mass is 10.2. The first-order chi connectivity index (χ1) is 9.47. The zero-order valence-electron chi connectivity index (χ0n) is 12.4. The van der Waals surface area contributed by atoms with Crippen molar-refractivity contribution in [1.29, 1.82) is 0 Å². The fourth-order valence-electron chi connectivity index (χ4n) is 1.06. The summed E-state index contributed by atoms with van der Waals surface area (Å²) in [5.41, 5.74) is -0.781. The molecule has 0 saturated carbocycles. The standard InChI is InChI=1S/C12H18Br2N2O5/c1-6(15-11(19)21-12(2,3)4)9(17)16-7(8(13)14)10(18)20-5/h6H,1-5H3,(H,15,19)(H,16,17)/t6-/m0/s1. The molecule has 0 radical (unpaired) electrons. The summed E-state index contributed by atoms with van der Waals surface area (Å²) >= 11 is 6.04. The number of nitrogens with one attached hydrogen (secondary N) is 2. The molecule has 0 aromatic rings. The molecule has 0 spiro atoms. The fraction of sp³-hybridized carbons (Fsp3) is 0.583. The Labute approximate surface area is 140 Å². The van der Waals surface area contributed by atoms with Crippen molar-refractivity contribution in [2.75, 3.05) is 7.11 Å². The smallest absolute Gasteiger partial charge is 0.408 e. The second kappa shape index (κ2) is 8.38. The molecule has 0 aromatic heterocycles. The summed E-state index contributed by atoms with van der Waals surface area (Å²) in [7, 11) is 1.18. The van der Waals surface area contributed by atoms with Crippen LogP contribution < -0.4 is 10.6 Å². The van der Waals surface area contributed by atoms with Gasteiger partial charge in [0.2, 0.25) is 5.91 Å². The molecule has 0 rings (SSSR count). The molecule has 0 aliphatic rings. The average Bonchev–Trinajstić information content (AvgIpc) is 2.31. The predicted octanol–water partition coefficient (Wildman–Crippen LogP) is 2.15. The Kier molecular flexibility index (Phi) is 7.94. The summed E-state index contributed by atoms with van der Waals surface area (Å²) in [6, 6.07) is -0.904. The Morgan fingerprint density at radius 2 is 1.67 bits per heavy atom. The largest absolute Gasteiger partial charge is 0.464 e. The lowest BCUT2D eigenvalue weighted by Gasteiger charge is -2.21. The lowest BCUT2D eigenvalue weighted by molar-refractivity contribution is -0.137. The Bertz CT molecular complexity index is 453. The van der Waals surface area contributed by atoms with Gasteiger partial charge in [0, 0.05) is 0 Å². The molecule has 0 saturated heterocycles. The highest BCUT2D eigenvalue weighted by Gasteiger charge is 2.24. The van der Waals surface area contributed by atoms with Gasteiger partial charge in [-0.25, -0.2) is 9.59 Å². The number of hydrogen-bond acceptors (Lipinski definition) is 5. The van der Waals surface area contributed by atoms with Gasteiger partial charge in [0.25, 0.3) is 0 Å². The molecular formula is C12H18Br2N2O5. The van der Waals surface area contributed by atoms with Crippen LogP contribution in [0.15, 0.2) is 9.09 Å². The number of esters is 1. The Morgan fingerprint density at radius 1 is 1.14 bits per heavy atom. The van der Waals surface area contributed by atoms with E-state index in [9.17, 15) is 14.4 Å². The molecule has 1 atom stereocenters. The van der Waals surface area contributed by atoms with Crippen molar-refractivity contribution in [2.45, 2.75) is 39.3 Å². The van der Waals surface area contributed by atoms with E-state index in [0.29, 0.717) is 0 Å². The Morgan fingerprint density at radius 3 is 2.05 bits per heavy atom. The van der Waals surface area contributed by atoms with Gasteiger partial charge in [0.05, 0.1) is 10.5 Å². The van der Waals surface area contributed by atoms with Crippen LogP contribution in [0.2, 0.25) is 0 Å². The quantitative estimate of drug-likeness (QED) is 0.527. The van der Waals surface area contributed by atoms with Crippen LogP contribution in [0.3, 0.4) is 0 Å². The number of hydrogen-bond donors (Lipinski definition) is 2. The molecule has 2 N–H and O–H groups in total. The van der Waals surface area contributed by atoms with Crippen LogP contribution in [0, 0.1) is 0 Å². The monoisotopic (exact) mass is 428 g/mol. The van der Waals surface area contributed by atoms with E-state index in [1.807, 2.05) is 0 Å². The molecule has 0 unspecified atom stereocenters. The third kappa shape index (κ3) is 8.05. The van der Waals surface area contributed by atoms with E-state index in [-0.39, 0.29) is 9.09 Å². The van der Waals surface area contributed by atoms with Gasteiger partial charge in [0.1, 0.15) is 17.3 Å². The highest BCUT2D eigenvalue weighted by Crippen LogP contribution is 2.18. The summed E-state index contributed by atoms with van der Waals surface area (Å²) in [5.74, 6) is -1.34. The summed E-state index contributed by atoms with van der Waals surface area (Å²) in [4.78, 5) is 34.9. The Hall–Kier alpha value is -1.09. The SMILES string of the molecule is COC(=O)C(NC(=O)[C@H](C)NC(=O)OC(C)(C)C)=C(Br)Br. The predicted molar refractivity (Wildman–Crippen MR) is 83.9 cm³/mol. The highest BCUT2D eigenvalue weighted by molar-refractivity contribution is 9.28. The van der Waals surface area contributed by atoms with Crippen molar-refractivity contribution in [2.24, 2.45) is 0 Å². The second-order valence-electron chi connectivity index (χ2n) is 4.98. The van der Waals surface area contributed by atoms with E-state index in [2.05, 4.69) is 47.2 Å². The number of amides is 2. The van der Waals surface area contributed by atoms with Crippen LogP contribution in [-0.2, 0) is 19.1 Å². The summed E-state index contributed by atoms with van der Waals surface area (Å²) in [6.07, 6.45) is -0.730. The van der Waals surface area contributed by atoms with Crippen molar-refractivity contribution in [3.8, 4) is 0 Å².